The van der Waals surface area contributed by atoms with E-state index in [1.54, 1.807) is 12.1 Å². The van der Waals surface area contributed by atoms with E-state index in [4.69, 9.17) is 4.74 Å². The van der Waals surface area contributed by atoms with E-state index in [1.165, 1.54) is 7.11 Å². The molecule has 1 N–H and O–H groups in total. The Morgan fingerprint density at radius 2 is 1.89 bits per heavy atom. The molecule has 0 spiro atoms. The fraction of sp³-hybridized carbons (Fsp3) is 0.600. The minimum absolute atomic E-state index is 0.286. The van der Waals surface area contributed by atoms with Crippen molar-refractivity contribution >= 4 is 0 Å². The maximum Gasteiger partial charge on any atom is 0.165 e. The van der Waals surface area contributed by atoms with E-state index in [0.717, 1.165) is 12.1 Å². The third kappa shape index (κ3) is 3.98. The predicted octanol–water partition coefficient (Wildman–Crippen LogP) is 3.57. The van der Waals surface area contributed by atoms with Gasteiger partial charge in [0.2, 0.25) is 0 Å². The molecule has 18 heavy (non-hydrogen) atoms. The van der Waals surface area contributed by atoms with Crippen LogP contribution >= 0.6 is 0 Å². The van der Waals surface area contributed by atoms with Crippen molar-refractivity contribution in [3.63, 3.8) is 0 Å². The number of rotatable bonds is 6. The van der Waals surface area contributed by atoms with Gasteiger partial charge in [-0.2, -0.15) is 0 Å². The van der Waals surface area contributed by atoms with Gasteiger partial charge in [0, 0.05) is 6.04 Å². The molecular formula is C15H24FNO. The zero-order valence-electron chi connectivity index (χ0n) is 12.0. The fourth-order valence-corrected chi connectivity index (χ4v) is 1.89. The van der Waals surface area contributed by atoms with Crippen molar-refractivity contribution in [1.82, 2.24) is 5.32 Å². The molecule has 1 aromatic rings. The van der Waals surface area contributed by atoms with E-state index in [1.807, 2.05) is 6.07 Å². The van der Waals surface area contributed by atoms with Crippen LogP contribution < -0.4 is 10.1 Å². The molecule has 102 valence electrons. The maximum atomic E-state index is 13.6. The summed E-state index contributed by atoms with van der Waals surface area (Å²) in [6.07, 6.45) is 0. The van der Waals surface area contributed by atoms with Gasteiger partial charge >= 0.3 is 0 Å². The van der Waals surface area contributed by atoms with E-state index >= 15 is 0 Å². The smallest absolute Gasteiger partial charge is 0.165 e. The first kappa shape index (κ1) is 15.0. The first-order chi connectivity index (χ1) is 8.45. The van der Waals surface area contributed by atoms with Gasteiger partial charge in [-0.15, -0.1) is 0 Å². The molecule has 3 heteroatoms. The number of halogens is 1. The summed E-state index contributed by atoms with van der Waals surface area (Å²) in [6, 6.07) is 5.70. The highest BCUT2D eigenvalue weighted by Gasteiger charge is 2.16. The van der Waals surface area contributed by atoms with Crippen LogP contribution in [0.25, 0.3) is 0 Å². The number of hydrogen-bond donors (Lipinski definition) is 1. The van der Waals surface area contributed by atoms with Gasteiger partial charge in [-0.3, -0.25) is 0 Å². The summed E-state index contributed by atoms with van der Waals surface area (Å²) in [4.78, 5) is 0. The monoisotopic (exact) mass is 253 g/mol. The molecule has 0 aliphatic carbocycles. The highest BCUT2D eigenvalue weighted by atomic mass is 19.1. The lowest BCUT2D eigenvalue weighted by Gasteiger charge is -2.22. The number of hydrogen-bond acceptors (Lipinski definition) is 2. The van der Waals surface area contributed by atoms with Gasteiger partial charge in [-0.25, -0.2) is 4.39 Å². The second-order valence-corrected chi connectivity index (χ2v) is 5.22. The Bertz CT molecular complexity index is 379. The van der Waals surface area contributed by atoms with Crippen LogP contribution in [0.2, 0.25) is 0 Å². The molecule has 1 rings (SSSR count). The largest absolute Gasteiger partial charge is 0.494 e. The molecule has 1 aromatic carbocycles. The zero-order valence-corrected chi connectivity index (χ0v) is 12.0. The second kappa shape index (κ2) is 6.74. The lowest BCUT2D eigenvalue weighted by molar-refractivity contribution is 0.384. The van der Waals surface area contributed by atoms with Crippen LogP contribution in [-0.4, -0.2) is 19.7 Å². The first-order valence-electron chi connectivity index (χ1n) is 6.52. The van der Waals surface area contributed by atoms with Crippen molar-refractivity contribution < 1.29 is 9.13 Å². The Balaban J connectivity index is 2.71. The summed E-state index contributed by atoms with van der Waals surface area (Å²) in [5, 5.41) is 3.41. The van der Waals surface area contributed by atoms with Gasteiger partial charge in [0.15, 0.2) is 11.6 Å². The molecule has 2 atom stereocenters. The van der Waals surface area contributed by atoms with Crippen LogP contribution in [-0.2, 0) is 0 Å². The molecule has 0 bridgehead atoms. The van der Waals surface area contributed by atoms with Crippen LogP contribution in [0.3, 0.4) is 0 Å². The van der Waals surface area contributed by atoms with E-state index < -0.39 is 0 Å². The van der Waals surface area contributed by atoms with Crippen molar-refractivity contribution in [3.8, 4) is 5.75 Å². The molecule has 0 amide bonds. The molecule has 0 aliphatic heterocycles. The average Bonchev–Trinajstić information content (AvgIpc) is 2.34. The van der Waals surface area contributed by atoms with Crippen molar-refractivity contribution in [2.24, 2.45) is 5.92 Å². The van der Waals surface area contributed by atoms with Crippen LogP contribution in [0.1, 0.15) is 39.2 Å². The molecule has 0 aromatic heterocycles. The van der Waals surface area contributed by atoms with Crippen molar-refractivity contribution in [2.45, 2.75) is 39.7 Å². The minimum Gasteiger partial charge on any atom is -0.494 e. The van der Waals surface area contributed by atoms with Gasteiger partial charge in [-0.05, 0) is 36.1 Å². The van der Waals surface area contributed by atoms with Crippen LogP contribution in [0.15, 0.2) is 18.2 Å². The third-order valence-electron chi connectivity index (χ3n) is 3.40. The third-order valence-corrected chi connectivity index (χ3v) is 3.40. The standard InChI is InChI=1S/C15H24FNO/c1-10(2)17-9-11(3)12(4)13-6-7-15(18-5)14(16)8-13/h6-8,10-12,17H,9H2,1-5H3. The lowest BCUT2D eigenvalue weighted by atomic mass is 9.88. The highest BCUT2D eigenvalue weighted by Crippen LogP contribution is 2.27. The summed E-state index contributed by atoms with van der Waals surface area (Å²) >= 11 is 0. The van der Waals surface area contributed by atoms with E-state index in [9.17, 15) is 4.39 Å². The number of benzene rings is 1. The molecule has 0 saturated heterocycles. The Hall–Kier alpha value is -1.09. The SMILES string of the molecule is COc1ccc(C(C)C(C)CNC(C)C)cc1F. The fourth-order valence-electron chi connectivity index (χ4n) is 1.89. The molecule has 0 radical (unpaired) electrons. The predicted molar refractivity (Wildman–Crippen MR) is 73.7 cm³/mol. The Labute approximate surface area is 110 Å². The average molecular weight is 253 g/mol. The molecule has 2 unspecified atom stereocenters. The summed E-state index contributed by atoms with van der Waals surface area (Å²) in [5.41, 5.74) is 1.02. The summed E-state index contributed by atoms with van der Waals surface area (Å²) in [7, 11) is 1.48. The Kier molecular flexibility index (Phi) is 5.60. The minimum atomic E-state index is -0.286. The highest BCUT2D eigenvalue weighted by molar-refractivity contribution is 5.31. The van der Waals surface area contributed by atoms with Crippen molar-refractivity contribution in [1.29, 1.82) is 0 Å². The Morgan fingerprint density at radius 1 is 1.22 bits per heavy atom. The van der Waals surface area contributed by atoms with E-state index in [-0.39, 0.29) is 5.82 Å². The van der Waals surface area contributed by atoms with Gasteiger partial charge in [-0.1, -0.05) is 33.8 Å². The number of nitrogens with one attached hydrogen (secondary N) is 1. The topological polar surface area (TPSA) is 21.3 Å². The van der Waals surface area contributed by atoms with Gasteiger partial charge in [0.25, 0.3) is 0 Å². The normalized spacial score (nSPS) is 14.6. The molecular weight excluding hydrogens is 229 g/mol. The molecule has 2 nitrogen and oxygen atoms in total. The van der Waals surface area contributed by atoms with E-state index in [2.05, 4.69) is 33.0 Å². The summed E-state index contributed by atoms with van der Waals surface area (Å²) in [5.74, 6) is 0.793. The van der Waals surface area contributed by atoms with Crippen LogP contribution in [0.4, 0.5) is 4.39 Å². The molecule has 0 aliphatic rings. The maximum absolute atomic E-state index is 13.6. The molecule has 0 heterocycles. The van der Waals surface area contributed by atoms with Crippen LogP contribution in [0.5, 0.6) is 5.75 Å². The van der Waals surface area contributed by atoms with Crippen molar-refractivity contribution in [3.05, 3.63) is 29.6 Å². The van der Waals surface area contributed by atoms with Crippen molar-refractivity contribution in [2.75, 3.05) is 13.7 Å². The first-order valence-corrected chi connectivity index (χ1v) is 6.52. The number of methoxy groups -OCH3 is 1. The summed E-state index contributed by atoms with van der Waals surface area (Å²) in [6.45, 7) is 9.51. The lowest BCUT2D eigenvalue weighted by Crippen LogP contribution is -2.29. The van der Waals surface area contributed by atoms with Crippen LogP contribution in [0, 0.1) is 11.7 Å². The molecule has 0 saturated carbocycles. The van der Waals surface area contributed by atoms with E-state index in [0.29, 0.717) is 23.6 Å². The Morgan fingerprint density at radius 3 is 2.39 bits per heavy atom. The quantitative estimate of drug-likeness (QED) is 0.836. The zero-order chi connectivity index (χ0) is 13.7. The number of ether oxygens (including phenoxy) is 1. The van der Waals surface area contributed by atoms with Gasteiger partial charge < -0.3 is 10.1 Å². The van der Waals surface area contributed by atoms with Gasteiger partial charge in [0.05, 0.1) is 7.11 Å². The molecule has 0 fully saturated rings. The second-order valence-electron chi connectivity index (χ2n) is 5.22. The van der Waals surface area contributed by atoms with Gasteiger partial charge in [0.1, 0.15) is 0 Å². The summed E-state index contributed by atoms with van der Waals surface area (Å²) < 4.78 is 18.6.